The molecule has 1 aliphatic rings. The zero-order valence-corrected chi connectivity index (χ0v) is 13.5. The van der Waals surface area contributed by atoms with Crippen molar-refractivity contribution in [3.05, 3.63) is 21.4 Å². The van der Waals surface area contributed by atoms with Crippen molar-refractivity contribution in [2.45, 2.75) is 64.3 Å². The molecule has 2 rings (SSSR count). The minimum Gasteiger partial charge on any atom is -0.480 e. The van der Waals surface area contributed by atoms with Crippen molar-refractivity contribution in [3.63, 3.8) is 0 Å². The Labute approximate surface area is 129 Å². The highest BCUT2D eigenvalue weighted by Crippen LogP contribution is 2.30. The third-order valence-electron chi connectivity index (χ3n) is 4.24. The van der Waals surface area contributed by atoms with E-state index in [0.29, 0.717) is 19.3 Å². The van der Waals surface area contributed by atoms with Crippen LogP contribution in [0.2, 0.25) is 0 Å². The summed E-state index contributed by atoms with van der Waals surface area (Å²) in [5.41, 5.74) is 0.297. The van der Waals surface area contributed by atoms with Gasteiger partial charge < -0.3 is 10.4 Å². The summed E-state index contributed by atoms with van der Waals surface area (Å²) in [6.07, 6.45) is 4.89. The molecule has 1 saturated carbocycles. The fraction of sp³-hybridized carbons (Fsp3) is 0.625. The van der Waals surface area contributed by atoms with E-state index in [1.54, 1.807) is 11.3 Å². The second-order valence-corrected chi connectivity index (χ2v) is 7.40. The standard InChI is InChI=1S/C16H23NO3S/c1-11-10-13(12(2)21-11)6-5-7-14(18)17-16(15(19)20)8-3-4-9-16/h10H,3-9H2,1-2H3,(H,17,18)(H,19,20). The van der Waals surface area contributed by atoms with Gasteiger partial charge >= 0.3 is 5.97 Å². The number of rotatable bonds is 6. The van der Waals surface area contributed by atoms with Crippen molar-refractivity contribution in [1.82, 2.24) is 5.32 Å². The second-order valence-electron chi connectivity index (χ2n) is 5.93. The van der Waals surface area contributed by atoms with Crippen molar-refractivity contribution < 1.29 is 14.7 Å². The number of thiophene rings is 1. The molecule has 0 spiro atoms. The third kappa shape index (κ3) is 3.84. The van der Waals surface area contributed by atoms with E-state index >= 15 is 0 Å². The number of hydrogen-bond acceptors (Lipinski definition) is 3. The Hall–Kier alpha value is -1.36. The number of aliphatic carboxylic acids is 1. The largest absolute Gasteiger partial charge is 0.480 e. The summed E-state index contributed by atoms with van der Waals surface area (Å²) in [5, 5.41) is 12.1. The van der Waals surface area contributed by atoms with Crippen LogP contribution in [-0.2, 0) is 16.0 Å². The number of aryl methyl sites for hydroxylation is 3. The predicted molar refractivity (Wildman–Crippen MR) is 83.7 cm³/mol. The van der Waals surface area contributed by atoms with Crippen LogP contribution in [0.4, 0.5) is 0 Å². The summed E-state index contributed by atoms with van der Waals surface area (Å²) in [4.78, 5) is 26.0. The molecule has 0 aromatic carbocycles. The average molecular weight is 309 g/mol. The van der Waals surface area contributed by atoms with Crippen molar-refractivity contribution in [1.29, 1.82) is 0 Å². The molecule has 0 bridgehead atoms. The van der Waals surface area contributed by atoms with Gasteiger partial charge in [0.25, 0.3) is 0 Å². The molecule has 1 fully saturated rings. The molecule has 1 amide bonds. The number of carboxylic acid groups (broad SMARTS) is 1. The van der Waals surface area contributed by atoms with E-state index in [0.717, 1.165) is 25.7 Å². The fourth-order valence-electron chi connectivity index (χ4n) is 3.07. The smallest absolute Gasteiger partial charge is 0.329 e. The van der Waals surface area contributed by atoms with Crippen molar-refractivity contribution in [3.8, 4) is 0 Å². The topological polar surface area (TPSA) is 66.4 Å². The Kier molecular flexibility index (Phi) is 5.04. The van der Waals surface area contributed by atoms with Gasteiger partial charge in [-0.1, -0.05) is 12.8 Å². The SMILES string of the molecule is Cc1cc(CCCC(=O)NC2(C(=O)O)CCCC2)c(C)s1. The Morgan fingerprint density at radius 2 is 2.00 bits per heavy atom. The monoisotopic (exact) mass is 309 g/mol. The summed E-state index contributed by atoms with van der Waals surface area (Å²) < 4.78 is 0. The van der Waals surface area contributed by atoms with E-state index in [4.69, 9.17) is 0 Å². The summed E-state index contributed by atoms with van der Waals surface area (Å²) >= 11 is 1.78. The number of amides is 1. The zero-order valence-electron chi connectivity index (χ0n) is 12.7. The Morgan fingerprint density at radius 3 is 2.52 bits per heavy atom. The summed E-state index contributed by atoms with van der Waals surface area (Å²) in [7, 11) is 0. The summed E-state index contributed by atoms with van der Waals surface area (Å²) in [6, 6.07) is 2.17. The second kappa shape index (κ2) is 6.60. The molecule has 21 heavy (non-hydrogen) atoms. The molecule has 116 valence electrons. The summed E-state index contributed by atoms with van der Waals surface area (Å²) in [5.74, 6) is -1.03. The summed E-state index contributed by atoms with van der Waals surface area (Å²) in [6.45, 7) is 4.19. The van der Waals surface area contributed by atoms with E-state index in [1.807, 2.05) is 0 Å². The molecule has 5 heteroatoms. The molecule has 0 atom stereocenters. The lowest BCUT2D eigenvalue weighted by atomic mass is 9.97. The van der Waals surface area contributed by atoms with Crippen molar-refractivity contribution in [2.75, 3.05) is 0 Å². The van der Waals surface area contributed by atoms with Gasteiger partial charge in [0.15, 0.2) is 0 Å². The minimum absolute atomic E-state index is 0.135. The highest BCUT2D eigenvalue weighted by atomic mass is 32.1. The fourth-order valence-corrected chi connectivity index (χ4v) is 4.05. The maximum atomic E-state index is 12.0. The van der Waals surface area contributed by atoms with Crippen LogP contribution in [0.1, 0.15) is 53.8 Å². The van der Waals surface area contributed by atoms with Crippen molar-refractivity contribution in [2.24, 2.45) is 0 Å². The van der Waals surface area contributed by atoms with Gasteiger partial charge in [-0.15, -0.1) is 11.3 Å². The van der Waals surface area contributed by atoms with E-state index in [1.165, 1.54) is 15.3 Å². The number of carboxylic acids is 1. The Balaban J connectivity index is 1.82. The molecule has 1 aromatic rings. The first-order valence-electron chi connectivity index (χ1n) is 7.53. The maximum Gasteiger partial charge on any atom is 0.329 e. The van der Waals surface area contributed by atoms with Crippen LogP contribution >= 0.6 is 11.3 Å². The first kappa shape index (κ1) is 16.0. The van der Waals surface area contributed by atoms with E-state index < -0.39 is 11.5 Å². The van der Waals surface area contributed by atoms with Gasteiger partial charge in [0.05, 0.1) is 0 Å². The van der Waals surface area contributed by atoms with Crippen LogP contribution < -0.4 is 5.32 Å². The maximum absolute atomic E-state index is 12.0. The van der Waals surface area contributed by atoms with Crippen LogP contribution in [0.15, 0.2) is 6.07 Å². The lowest BCUT2D eigenvalue weighted by Gasteiger charge is -2.25. The highest BCUT2D eigenvalue weighted by molar-refractivity contribution is 7.12. The molecule has 1 aliphatic carbocycles. The molecule has 4 nitrogen and oxygen atoms in total. The number of nitrogens with one attached hydrogen (secondary N) is 1. The van der Waals surface area contributed by atoms with Gasteiger partial charge in [0, 0.05) is 16.2 Å². The molecular formula is C16H23NO3S. The van der Waals surface area contributed by atoms with E-state index in [2.05, 4.69) is 25.2 Å². The van der Waals surface area contributed by atoms with Crippen LogP contribution in [0.5, 0.6) is 0 Å². The van der Waals surface area contributed by atoms with Crippen LogP contribution in [0.25, 0.3) is 0 Å². The predicted octanol–water partition coefficient (Wildman–Crippen LogP) is 3.20. The van der Waals surface area contributed by atoms with Gasteiger partial charge in [0.1, 0.15) is 5.54 Å². The third-order valence-corrected chi connectivity index (χ3v) is 5.25. The van der Waals surface area contributed by atoms with Gasteiger partial charge in [-0.05, 0) is 51.2 Å². The normalized spacial score (nSPS) is 16.9. The minimum atomic E-state index is -1.01. The quantitative estimate of drug-likeness (QED) is 0.848. The van der Waals surface area contributed by atoms with Crippen molar-refractivity contribution >= 4 is 23.2 Å². The molecule has 0 aliphatic heterocycles. The van der Waals surface area contributed by atoms with E-state index in [-0.39, 0.29) is 5.91 Å². The van der Waals surface area contributed by atoms with Gasteiger partial charge in [-0.25, -0.2) is 4.79 Å². The lowest BCUT2D eigenvalue weighted by Crippen LogP contribution is -2.52. The highest BCUT2D eigenvalue weighted by Gasteiger charge is 2.42. The van der Waals surface area contributed by atoms with Crippen LogP contribution in [0, 0.1) is 13.8 Å². The number of carbonyl (C=O) groups is 2. The average Bonchev–Trinajstić information content (AvgIpc) is 2.98. The van der Waals surface area contributed by atoms with Gasteiger partial charge in [0.2, 0.25) is 5.91 Å². The molecule has 1 heterocycles. The van der Waals surface area contributed by atoms with Gasteiger partial charge in [-0.2, -0.15) is 0 Å². The molecule has 0 radical (unpaired) electrons. The van der Waals surface area contributed by atoms with E-state index in [9.17, 15) is 14.7 Å². The Morgan fingerprint density at radius 1 is 1.33 bits per heavy atom. The molecule has 0 saturated heterocycles. The zero-order chi connectivity index (χ0) is 15.5. The Bertz CT molecular complexity index is 530. The van der Waals surface area contributed by atoms with Crippen LogP contribution in [-0.4, -0.2) is 22.5 Å². The lowest BCUT2D eigenvalue weighted by molar-refractivity contribution is -0.147. The first-order chi connectivity index (χ1) is 9.93. The molecular weight excluding hydrogens is 286 g/mol. The molecule has 1 aromatic heterocycles. The molecule has 0 unspecified atom stereocenters. The number of carbonyl (C=O) groups excluding carboxylic acids is 1. The first-order valence-corrected chi connectivity index (χ1v) is 8.35. The van der Waals surface area contributed by atoms with Crippen LogP contribution in [0.3, 0.4) is 0 Å². The van der Waals surface area contributed by atoms with Gasteiger partial charge in [-0.3, -0.25) is 4.79 Å². The number of hydrogen-bond donors (Lipinski definition) is 2. The molecule has 2 N–H and O–H groups in total.